The van der Waals surface area contributed by atoms with E-state index in [-0.39, 0.29) is 31.1 Å². The van der Waals surface area contributed by atoms with Crippen LogP contribution in [0, 0.1) is 13.8 Å². The third-order valence-corrected chi connectivity index (χ3v) is 8.98. The first-order chi connectivity index (χ1) is 23.0. The number of H-pyrrole nitrogens is 2. The normalized spacial score (nSPS) is 16.4. The summed E-state index contributed by atoms with van der Waals surface area (Å²) in [6.07, 6.45) is 10.2. The van der Waals surface area contributed by atoms with E-state index in [1.807, 2.05) is 13.0 Å². The first-order valence-electron chi connectivity index (χ1n) is 16.8. The number of aromatic nitrogens is 2. The standard InChI is InChI=1S/C38H48N4O6/c1-10-25-21(5)31(18-35-27(12-3)29(37(45)41-35)14-16-47-23(7)43)39-33(25)20-34-26(11-2)22(6)32(40-34)19-36-28(13-4)30(38(42-36)46-9)15-17-48-24(8)44/h18-20,39-40H,10-17H2,1-9H3/b31-18?,33-20?,36-19-. The molecule has 0 fully saturated rings. The molecule has 0 radical (unpaired) electrons. The number of nitrogens with one attached hydrogen (secondary N) is 2. The number of ether oxygens (including phenoxy) is 3. The first-order valence-corrected chi connectivity index (χ1v) is 16.8. The van der Waals surface area contributed by atoms with Gasteiger partial charge < -0.3 is 24.2 Å². The molecule has 48 heavy (non-hydrogen) atoms. The molecule has 2 aliphatic rings. The number of aromatic amines is 2. The number of rotatable bonds is 13. The highest BCUT2D eigenvalue weighted by atomic mass is 16.5. The Hall–Kier alpha value is -4.73. The fourth-order valence-corrected chi connectivity index (χ4v) is 6.58. The largest absolute Gasteiger partial charge is 0.481 e. The van der Waals surface area contributed by atoms with Crippen LogP contribution >= 0.6 is 0 Å². The first kappa shape index (κ1) is 36.1. The summed E-state index contributed by atoms with van der Waals surface area (Å²) >= 11 is 0. The summed E-state index contributed by atoms with van der Waals surface area (Å²) in [7, 11) is 1.61. The van der Waals surface area contributed by atoms with Crippen molar-refractivity contribution in [2.24, 2.45) is 9.98 Å². The molecule has 2 N–H and O–H groups in total. The van der Waals surface area contributed by atoms with Gasteiger partial charge in [-0.05, 0) is 91.2 Å². The molecule has 0 bridgehead atoms. The second kappa shape index (κ2) is 15.9. The Morgan fingerprint density at radius 1 is 0.688 bits per heavy atom. The number of aliphatic imine (C=N–C) groups is 2. The molecule has 0 atom stereocenters. The van der Waals surface area contributed by atoms with Crippen LogP contribution in [0.1, 0.15) is 101 Å². The number of hydrogen-bond donors (Lipinski definition) is 2. The van der Waals surface area contributed by atoms with Crippen molar-refractivity contribution in [1.82, 2.24) is 9.97 Å². The molecule has 0 aliphatic carbocycles. The molecular formula is C38H48N4O6. The maximum Gasteiger partial charge on any atom is 0.302 e. The molecule has 2 aliphatic heterocycles. The minimum atomic E-state index is -0.367. The molecule has 0 spiro atoms. The van der Waals surface area contributed by atoms with Crippen molar-refractivity contribution in [2.75, 3.05) is 20.3 Å². The molecule has 256 valence electrons. The monoisotopic (exact) mass is 656 g/mol. The van der Waals surface area contributed by atoms with Crippen molar-refractivity contribution < 1.29 is 28.6 Å². The van der Waals surface area contributed by atoms with Gasteiger partial charge >= 0.3 is 11.9 Å². The van der Waals surface area contributed by atoms with Gasteiger partial charge in [-0.15, -0.1) is 0 Å². The molecule has 2 aromatic rings. The molecule has 4 rings (SSSR count). The average Bonchev–Trinajstić information content (AvgIpc) is 3.73. The third kappa shape index (κ3) is 7.69. The number of methoxy groups -OCH3 is 1. The van der Waals surface area contributed by atoms with E-state index < -0.39 is 0 Å². The van der Waals surface area contributed by atoms with Crippen LogP contribution in [0.15, 0.2) is 38.0 Å². The van der Waals surface area contributed by atoms with Gasteiger partial charge in [0.15, 0.2) is 0 Å². The molecule has 10 heteroatoms. The van der Waals surface area contributed by atoms with Crippen molar-refractivity contribution in [1.29, 1.82) is 0 Å². The van der Waals surface area contributed by atoms with Gasteiger partial charge in [-0.3, -0.25) is 14.4 Å². The Kier molecular flexibility index (Phi) is 12.0. The molecule has 0 saturated heterocycles. The zero-order valence-electron chi connectivity index (χ0n) is 29.7. The van der Waals surface area contributed by atoms with Crippen molar-refractivity contribution in [3.63, 3.8) is 0 Å². The van der Waals surface area contributed by atoms with Crippen LogP contribution < -0.4 is 10.7 Å². The molecule has 4 heterocycles. The summed E-state index contributed by atoms with van der Waals surface area (Å²) in [4.78, 5) is 51.8. The maximum atomic E-state index is 12.8. The predicted molar refractivity (Wildman–Crippen MR) is 189 cm³/mol. The Balaban J connectivity index is 1.75. The lowest BCUT2D eigenvalue weighted by Gasteiger charge is -2.08. The summed E-state index contributed by atoms with van der Waals surface area (Å²) in [5, 5.41) is 1.91. The fraction of sp³-hybridized carbons (Fsp3) is 0.447. The smallest absolute Gasteiger partial charge is 0.302 e. The lowest BCUT2D eigenvalue weighted by Crippen LogP contribution is -2.14. The molecule has 1 amide bonds. The summed E-state index contributed by atoms with van der Waals surface area (Å²) in [6.45, 7) is 15.8. The van der Waals surface area contributed by atoms with Crippen molar-refractivity contribution >= 4 is 47.7 Å². The number of hydrogen-bond acceptors (Lipinski definition) is 7. The average molecular weight is 657 g/mol. The Morgan fingerprint density at radius 3 is 1.88 bits per heavy atom. The quantitative estimate of drug-likeness (QED) is 0.278. The van der Waals surface area contributed by atoms with Gasteiger partial charge in [0.1, 0.15) is 0 Å². The second-order valence-corrected chi connectivity index (χ2v) is 11.9. The van der Waals surface area contributed by atoms with Crippen molar-refractivity contribution in [2.45, 2.75) is 93.9 Å². The van der Waals surface area contributed by atoms with Crippen LogP contribution in [0.3, 0.4) is 0 Å². The predicted octanol–water partition coefficient (Wildman–Crippen LogP) is 5.39. The minimum Gasteiger partial charge on any atom is -0.481 e. The van der Waals surface area contributed by atoms with E-state index >= 15 is 0 Å². The van der Waals surface area contributed by atoms with Crippen LogP contribution in [-0.4, -0.2) is 59.7 Å². The maximum absolute atomic E-state index is 12.8. The van der Waals surface area contributed by atoms with Crippen molar-refractivity contribution in [3.05, 3.63) is 72.3 Å². The molecule has 0 saturated carbocycles. The zero-order chi connectivity index (χ0) is 35.1. The highest BCUT2D eigenvalue weighted by Gasteiger charge is 2.26. The Morgan fingerprint density at radius 2 is 1.31 bits per heavy atom. The SMILES string of the molecule is CCC1=C(CCOC(C)=O)C(=O)N=C1C=c1[nH]c(=Cc2[nH]c(/C=C3\N=C(OC)C(CCOC(C)=O)=C3CC)c(C)c2CC)c(CC)c1C. The lowest BCUT2D eigenvalue weighted by molar-refractivity contribution is -0.141. The van der Waals surface area contributed by atoms with E-state index in [2.05, 4.69) is 61.7 Å². The number of nitrogens with zero attached hydrogens (tertiary/aromatic N) is 2. The number of amides is 1. The molecule has 0 aromatic carbocycles. The molecule has 0 unspecified atom stereocenters. The topological polar surface area (TPSA) is 135 Å². The van der Waals surface area contributed by atoms with Gasteiger partial charge in [-0.25, -0.2) is 9.98 Å². The van der Waals surface area contributed by atoms with Gasteiger partial charge in [0.2, 0.25) is 5.90 Å². The summed E-state index contributed by atoms with van der Waals surface area (Å²) in [6, 6.07) is 0. The van der Waals surface area contributed by atoms with Crippen LogP contribution in [0.5, 0.6) is 0 Å². The summed E-state index contributed by atoms with van der Waals surface area (Å²) in [5.74, 6) is -0.387. The van der Waals surface area contributed by atoms with E-state index in [4.69, 9.17) is 19.2 Å². The van der Waals surface area contributed by atoms with E-state index in [1.165, 1.54) is 25.0 Å². The minimum absolute atomic E-state index is 0.157. The lowest BCUT2D eigenvalue weighted by atomic mass is 10.0. The van der Waals surface area contributed by atoms with Gasteiger partial charge in [0, 0.05) is 59.9 Å². The molecular weight excluding hydrogens is 608 g/mol. The van der Waals surface area contributed by atoms with Gasteiger partial charge in [0.25, 0.3) is 5.91 Å². The van der Waals surface area contributed by atoms with Crippen LogP contribution in [0.2, 0.25) is 0 Å². The number of carbonyl (C=O) groups excluding carboxylic acids is 3. The van der Waals surface area contributed by atoms with Crippen LogP contribution in [-0.2, 0) is 41.4 Å². The number of carbonyl (C=O) groups is 3. The van der Waals surface area contributed by atoms with Crippen molar-refractivity contribution in [3.8, 4) is 0 Å². The summed E-state index contributed by atoms with van der Waals surface area (Å²) < 4.78 is 15.9. The molecule has 2 aromatic heterocycles. The highest BCUT2D eigenvalue weighted by Crippen LogP contribution is 2.33. The fourth-order valence-electron chi connectivity index (χ4n) is 6.58. The van der Waals surface area contributed by atoms with Crippen LogP contribution in [0.25, 0.3) is 18.2 Å². The van der Waals surface area contributed by atoms with E-state index in [9.17, 15) is 14.4 Å². The van der Waals surface area contributed by atoms with Gasteiger partial charge in [0.05, 0.1) is 31.7 Å². The van der Waals surface area contributed by atoms with Gasteiger partial charge in [-0.2, -0.15) is 0 Å². The second-order valence-electron chi connectivity index (χ2n) is 11.9. The molecule has 10 nitrogen and oxygen atoms in total. The van der Waals surface area contributed by atoms with E-state index in [0.29, 0.717) is 36.4 Å². The highest BCUT2D eigenvalue weighted by molar-refractivity contribution is 6.31. The van der Waals surface area contributed by atoms with E-state index in [1.54, 1.807) is 7.11 Å². The Bertz CT molecular complexity index is 1890. The van der Waals surface area contributed by atoms with Crippen LogP contribution in [0.4, 0.5) is 0 Å². The third-order valence-electron chi connectivity index (χ3n) is 8.98. The zero-order valence-corrected chi connectivity index (χ0v) is 29.7. The summed E-state index contributed by atoms with van der Waals surface area (Å²) in [5.41, 5.74) is 11.7. The number of esters is 2. The Labute approximate surface area is 282 Å². The number of allylic oxidation sites excluding steroid dienone is 2. The van der Waals surface area contributed by atoms with Gasteiger partial charge in [-0.1, -0.05) is 27.7 Å². The van der Waals surface area contributed by atoms with E-state index in [0.717, 1.165) is 74.9 Å².